The van der Waals surface area contributed by atoms with Crippen molar-refractivity contribution in [3.05, 3.63) is 29.8 Å². The molecule has 0 fully saturated rings. The Morgan fingerprint density at radius 1 is 1.10 bits per heavy atom. The summed E-state index contributed by atoms with van der Waals surface area (Å²) in [4.78, 5) is 0. The molecule has 0 heterocycles. The van der Waals surface area contributed by atoms with Crippen molar-refractivity contribution < 1.29 is 4.74 Å². The Bertz CT molecular complexity index is 353. The molecule has 1 aromatic rings. The summed E-state index contributed by atoms with van der Waals surface area (Å²) in [6, 6.07) is 9.01. The van der Waals surface area contributed by atoms with Crippen molar-refractivity contribution in [1.82, 2.24) is 5.32 Å². The lowest BCUT2D eigenvalue weighted by molar-refractivity contribution is 0.414. The highest BCUT2D eigenvalue weighted by molar-refractivity contribution is 7.98. The Balaban J connectivity index is 2.03. The van der Waals surface area contributed by atoms with Crippen molar-refractivity contribution in [2.45, 2.75) is 51.5 Å². The number of aryl methyl sites for hydroxylation is 1. The fourth-order valence-corrected chi connectivity index (χ4v) is 2.84. The third-order valence-corrected chi connectivity index (χ3v) is 4.49. The van der Waals surface area contributed by atoms with E-state index in [0.29, 0.717) is 6.04 Å². The molecule has 1 aromatic carbocycles. The summed E-state index contributed by atoms with van der Waals surface area (Å²) < 4.78 is 5.18. The topological polar surface area (TPSA) is 21.3 Å². The Labute approximate surface area is 135 Å². The molecular weight excluding hydrogens is 278 g/mol. The zero-order valence-electron chi connectivity index (χ0n) is 13.9. The quantitative estimate of drug-likeness (QED) is 0.573. The first-order valence-corrected chi connectivity index (χ1v) is 9.51. The molecule has 2 nitrogen and oxygen atoms in total. The summed E-state index contributed by atoms with van der Waals surface area (Å²) in [6.45, 7) is 3.44. The van der Waals surface area contributed by atoms with Crippen molar-refractivity contribution in [2.75, 3.05) is 25.7 Å². The van der Waals surface area contributed by atoms with Gasteiger partial charge >= 0.3 is 0 Å². The molecule has 0 amide bonds. The van der Waals surface area contributed by atoms with Gasteiger partial charge in [-0.05, 0) is 68.9 Å². The molecule has 0 spiro atoms. The van der Waals surface area contributed by atoms with Crippen LogP contribution in [0.2, 0.25) is 0 Å². The lowest BCUT2D eigenvalue weighted by Gasteiger charge is -2.14. The van der Waals surface area contributed by atoms with Gasteiger partial charge in [0.25, 0.3) is 0 Å². The molecule has 0 bridgehead atoms. The Morgan fingerprint density at radius 3 is 2.48 bits per heavy atom. The normalized spacial score (nSPS) is 12.3. The first kappa shape index (κ1) is 18.4. The van der Waals surface area contributed by atoms with Crippen molar-refractivity contribution in [2.24, 2.45) is 0 Å². The smallest absolute Gasteiger partial charge is 0.118 e. The maximum absolute atomic E-state index is 5.18. The third-order valence-electron chi connectivity index (χ3n) is 3.79. The third kappa shape index (κ3) is 9.05. The molecule has 1 N–H and O–H groups in total. The summed E-state index contributed by atoms with van der Waals surface area (Å²) in [5.41, 5.74) is 1.39. The first-order chi connectivity index (χ1) is 10.3. The molecule has 0 saturated heterocycles. The van der Waals surface area contributed by atoms with E-state index in [4.69, 9.17) is 4.74 Å². The average Bonchev–Trinajstić information content (AvgIpc) is 2.52. The van der Waals surface area contributed by atoms with Gasteiger partial charge in [-0.3, -0.25) is 0 Å². The molecule has 120 valence electrons. The predicted molar refractivity (Wildman–Crippen MR) is 95.6 cm³/mol. The number of thioether (sulfide) groups is 1. The van der Waals surface area contributed by atoms with E-state index in [-0.39, 0.29) is 0 Å². The van der Waals surface area contributed by atoms with Crippen LogP contribution in [-0.2, 0) is 6.42 Å². The minimum absolute atomic E-state index is 0.596. The van der Waals surface area contributed by atoms with Crippen LogP contribution in [0.4, 0.5) is 0 Å². The van der Waals surface area contributed by atoms with E-state index in [1.54, 1.807) is 7.11 Å². The van der Waals surface area contributed by atoms with Crippen molar-refractivity contribution in [1.29, 1.82) is 0 Å². The number of ether oxygens (including phenoxy) is 1. The second-order valence-corrected chi connectivity index (χ2v) is 6.63. The fraction of sp³-hybridized carbons (Fsp3) is 0.667. The number of rotatable bonds is 12. The highest BCUT2D eigenvalue weighted by Crippen LogP contribution is 2.13. The average molecular weight is 310 g/mol. The number of hydrogen-bond acceptors (Lipinski definition) is 3. The van der Waals surface area contributed by atoms with Gasteiger partial charge in [-0.15, -0.1) is 0 Å². The molecule has 3 heteroatoms. The van der Waals surface area contributed by atoms with E-state index in [1.165, 1.54) is 43.4 Å². The van der Waals surface area contributed by atoms with Gasteiger partial charge in [0.1, 0.15) is 5.75 Å². The monoisotopic (exact) mass is 309 g/mol. The molecule has 0 aliphatic heterocycles. The standard InChI is InChI=1S/C18H31NOS/c1-16(19-14-6-4-5-7-15-21-3)8-9-17-10-12-18(20-2)13-11-17/h10-13,16,19H,4-9,14-15H2,1-3H3. The van der Waals surface area contributed by atoms with Gasteiger partial charge < -0.3 is 10.1 Å². The van der Waals surface area contributed by atoms with Crippen molar-refractivity contribution in [3.8, 4) is 5.75 Å². The predicted octanol–water partition coefficient (Wildman–Crippen LogP) is 4.53. The van der Waals surface area contributed by atoms with E-state index < -0.39 is 0 Å². The van der Waals surface area contributed by atoms with E-state index in [1.807, 2.05) is 23.9 Å². The van der Waals surface area contributed by atoms with Crippen LogP contribution in [0.25, 0.3) is 0 Å². The SMILES string of the molecule is COc1ccc(CCC(C)NCCCCCCSC)cc1. The molecule has 0 aliphatic rings. The van der Waals surface area contributed by atoms with Crippen LogP contribution in [-0.4, -0.2) is 31.7 Å². The lowest BCUT2D eigenvalue weighted by Crippen LogP contribution is -2.27. The Hall–Kier alpha value is -0.670. The highest BCUT2D eigenvalue weighted by atomic mass is 32.2. The van der Waals surface area contributed by atoms with Gasteiger partial charge in [0.2, 0.25) is 0 Å². The Morgan fingerprint density at radius 2 is 1.81 bits per heavy atom. The van der Waals surface area contributed by atoms with Gasteiger partial charge in [0, 0.05) is 6.04 Å². The molecule has 0 aliphatic carbocycles. The molecule has 0 saturated carbocycles. The summed E-state index contributed by atoms with van der Waals surface area (Å²) in [7, 11) is 1.71. The minimum atomic E-state index is 0.596. The summed E-state index contributed by atoms with van der Waals surface area (Å²) >= 11 is 1.95. The van der Waals surface area contributed by atoms with Crippen molar-refractivity contribution in [3.63, 3.8) is 0 Å². The highest BCUT2D eigenvalue weighted by Gasteiger charge is 2.02. The fourth-order valence-electron chi connectivity index (χ4n) is 2.35. The molecule has 1 unspecified atom stereocenters. The molecule has 1 atom stereocenters. The molecule has 21 heavy (non-hydrogen) atoms. The van der Waals surface area contributed by atoms with Gasteiger partial charge in [-0.25, -0.2) is 0 Å². The molecule has 1 rings (SSSR count). The van der Waals surface area contributed by atoms with Crippen molar-refractivity contribution >= 4 is 11.8 Å². The number of benzene rings is 1. The van der Waals surface area contributed by atoms with E-state index in [2.05, 4.69) is 30.6 Å². The minimum Gasteiger partial charge on any atom is -0.497 e. The van der Waals surface area contributed by atoms with Crippen LogP contribution >= 0.6 is 11.8 Å². The first-order valence-electron chi connectivity index (χ1n) is 8.11. The maximum Gasteiger partial charge on any atom is 0.118 e. The van der Waals surface area contributed by atoms with Gasteiger partial charge in [-0.1, -0.05) is 25.0 Å². The second kappa shape index (κ2) is 11.9. The zero-order valence-corrected chi connectivity index (χ0v) is 14.7. The summed E-state index contributed by atoms with van der Waals surface area (Å²) in [5, 5.41) is 3.64. The largest absolute Gasteiger partial charge is 0.497 e. The van der Waals surface area contributed by atoms with Crippen LogP contribution in [0, 0.1) is 0 Å². The van der Waals surface area contributed by atoms with Gasteiger partial charge in [0.15, 0.2) is 0 Å². The molecular formula is C18H31NOS. The van der Waals surface area contributed by atoms with Crippen LogP contribution < -0.4 is 10.1 Å². The molecule has 0 radical (unpaired) electrons. The summed E-state index contributed by atoms with van der Waals surface area (Å²) in [6.07, 6.45) is 9.92. The van der Waals surface area contributed by atoms with Crippen LogP contribution in [0.3, 0.4) is 0 Å². The van der Waals surface area contributed by atoms with E-state index >= 15 is 0 Å². The molecule has 0 aromatic heterocycles. The van der Waals surface area contributed by atoms with E-state index in [0.717, 1.165) is 18.7 Å². The lowest BCUT2D eigenvalue weighted by atomic mass is 10.1. The summed E-state index contributed by atoms with van der Waals surface area (Å²) in [5.74, 6) is 2.25. The van der Waals surface area contributed by atoms with Crippen LogP contribution in [0.5, 0.6) is 5.75 Å². The number of unbranched alkanes of at least 4 members (excludes halogenated alkanes) is 3. The van der Waals surface area contributed by atoms with E-state index in [9.17, 15) is 0 Å². The zero-order chi connectivity index (χ0) is 15.3. The number of nitrogens with one attached hydrogen (secondary N) is 1. The van der Waals surface area contributed by atoms with Gasteiger partial charge in [0.05, 0.1) is 7.11 Å². The number of hydrogen-bond donors (Lipinski definition) is 1. The second-order valence-electron chi connectivity index (χ2n) is 5.65. The van der Waals surface area contributed by atoms with Crippen LogP contribution in [0.15, 0.2) is 24.3 Å². The van der Waals surface area contributed by atoms with Crippen LogP contribution in [0.1, 0.15) is 44.6 Å². The number of methoxy groups -OCH3 is 1. The Kier molecular flexibility index (Phi) is 10.4. The van der Waals surface area contributed by atoms with Gasteiger partial charge in [-0.2, -0.15) is 11.8 Å². The maximum atomic E-state index is 5.18.